The van der Waals surface area contributed by atoms with Crippen molar-refractivity contribution in [2.75, 3.05) is 11.9 Å². The summed E-state index contributed by atoms with van der Waals surface area (Å²) in [4.78, 5) is 13.4. The lowest BCUT2D eigenvalue weighted by Gasteiger charge is -2.14. The molecule has 5 heteroatoms. The third-order valence-corrected chi connectivity index (χ3v) is 4.02. The van der Waals surface area contributed by atoms with E-state index < -0.39 is 0 Å². The summed E-state index contributed by atoms with van der Waals surface area (Å²) in [5.41, 5.74) is 3.41. The van der Waals surface area contributed by atoms with E-state index in [4.69, 9.17) is 4.98 Å². The van der Waals surface area contributed by atoms with Gasteiger partial charge >= 0.3 is 0 Å². The van der Waals surface area contributed by atoms with E-state index in [-0.39, 0.29) is 5.41 Å². The third-order valence-electron chi connectivity index (χ3n) is 3.17. The van der Waals surface area contributed by atoms with Crippen LogP contribution in [-0.2, 0) is 11.8 Å². The topological polar surface area (TPSA) is 50.7 Å². The lowest BCUT2D eigenvalue weighted by molar-refractivity contribution is 0.571. The molecule has 0 aromatic carbocycles. The molecular weight excluding hydrogens is 268 g/mol. The molecule has 2 aromatic rings. The predicted molar refractivity (Wildman–Crippen MR) is 84.6 cm³/mol. The Morgan fingerprint density at radius 3 is 2.60 bits per heavy atom. The Morgan fingerprint density at radius 2 is 2.00 bits per heavy atom. The summed E-state index contributed by atoms with van der Waals surface area (Å²) in [7, 11) is 0. The van der Waals surface area contributed by atoms with Crippen LogP contribution in [0.15, 0.2) is 11.7 Å². The molecule has 0 spiro atoms. The molecule has 0 saturated heterocycles. The monoisotopic (exact) mass is 290 g/mol. The van der Waals surface area contributed by atoms with Crippen LogP contribution in [0.25, 0.3) is 0 Å². The minimum absolute atomic E-state index is 0.102. The molecule has 20 heavy (non-hydrogen) atoms. The molecule has 0 bridgehead atoms. The number of hydrogen-bond donors (Lipinski definition) is 1. The Kier molecular flexibility index (Phi) is 4.38. The van der Waals surface area contributed by atoms with Crippen LogP contribution in [0.2, 0.25) is 0 Å². The fraction of sp³-hybridized carbons (Fsp3) is 0.533. The first-order valence-corrected chi connectivity index (χ1v) is 7.79. The van der Waals surface area contributed by atoms with Crippen LogP contribution in [0, 0.1) is 6.92 Å². The van der Waals surface area contributed by atoms with Gasteiger partial charge in [-0.3, -0.25) is 0 Å². The number of anilines is 1. The molecule has 0 fully saturated rings. The van der Waals surface area contributed by atoms with Crippen molar-refractivity contribution in [2.45, 2.75) is 46.5 Å². The Labute approximate surface area is 124 Å². The van der Waals surface area contributed by atoms with E-state index >= 15 is 0 Å². The zero-order valence-electron chi connectivity index (χ0n) is 12.8. The van der Waals surface area contributed by atoms with Gasteiger partial charge < -0.3 is 5.32 Å². The van der Waals surface area contributed by atoms with Crippen molar-refractivity contribution >= 4 is 17.2 Å². The minimum Gasteiger partial charge on any atom is -0.370 e. The number of nitrogens with zero attached hydrogens (tertiary/aromatic N) is 3. The maximum Gasteiger partial charge on any atom is 0.132 e. The van der Waals surface area contributed by atoms with E-state index in [0.717, 1.165) is 40.7 Å². The Bertz CT molecular complexity index is 584. The Balaban J connectivity index is 2.22. The van der Waals surface area contributed by atoms with Gasteiger partial charge in [0.2, 0.25) is 0 Å². The van der Waals surface area contributed by atoms with Crippen molar-refractivity contribution in [3.63, 3.8) is 0 Å². The second-order valence-corrected chi connectivity index (χ2v) is 6.82. The van der Waals surface area contributed by atoms with Crippen LogP contribution in [0.4, 0.5) is 5.82 Å². The van der Waals surface area contributed by atoms with Gasteiger partial charge in [-0.2, -0.15) is 0 Å². The molecule has 0 aliphatic rings. The molecule has 0 aliphatic carbocycles. The lowest BCUT2D eigenvalue weighted by Crippen LogP contribution is -2.11. The smallest absolute Gasteiger partial charge is 0.132 e. The van der Waals surface area contributed by atoms with Crippen LogP contribution in [-0.4, -0.2) is 21.5 Å². The Morgan fingerprint density at radius 1 is 1.25 bits per heavy atom. The maximum atomic E-state index is 4.73. The maximum absolute atomic E-state index is 4.73. The Hall–Kier alpha value is -1.49. The van der Waals surface area contributed by atoms with E-state index in [1.807, 2.05) is 0 Å². The zero-order chi connectivity index (χ0) is 14.8. The zero-order valence-corrected chi connectivity index (χ0v) is 13.6. The predicted octanol–water partition coefficient (Wildman–Crippen LogP) is 3.56. The molecule has 4 nitrogen and oxygen atoms in total. The van der Waals surface area contributed by atoms with Gasteiger partial charge in [0.25, 0.3) is 0 Å². The van der Waals surface area contributed by atoms with Crippen LogP contribution in [0.5, 0.6) is 0 Å². The number of thiazole rings is 1. The molecule has 0 radical (unpaired) electrons. The van der Waals surface area contributed by atoms with Crippen LogP contribution in [0.3, 0.4) is 0 Å². The van der Waals surface area contributed by atoms with Gasteiger partial charge in [0.1, 0.15) is 12.1 Å². The first-order valence-electron chi connectivity index (χ1n) is 6.91. The molecule has 0 aliphatic heterocycles. The highest BCUT2D eigenvalue weighted by Gasteiger charge is 2.18. The standard InChI is InChI=1S/C15H22N4S/c1-6-16-14-10(2)11(17-9-18-14)7-13-19-12(8-20-13)15(3,4)5/h8-9H,6-7H2,1-5H3,(H,16,17,18). The SMILES string of the molecule is CCNc1ncnc(Cc2nc(C(C)(C)C)cs2)c1C. The second kappa shape index (κ2) is 5.87. The summed E-state index contributed by atoms with van der Waals surface area (Å²) < 4.78 is 0. The van der Waals surface area contributed by atoms with Gasteiger partial charge in [-0.05, 0) is 13.8 Å². The number of nitrogens with one attached hydrogen (secondary N) is 1. The van der Waals surface area contributed by atoms with Gasteiger partial charge in [-0.1, -0.05) is 20.8 Å². The van der Waals surface area contributed by atoms with Crippen molar-refractivity contribution in [1.29, 1.82) is 0 Å². The van der Waals surface area contributed by atoms with Crippen molar-refractivity contribution in [3.05, 3.63) is 33.7 Å². The molecule has 0 atom stereocenters. The van der Waals surface area contributed by atoms with Gasteiger partial charge in [-0.25, -0.2) is 15.0 Å². The summed E-state index contributed by atoms with van der Waals surface area (Å²) >= 11 is 1.71. The molecule has 0 unspecified atom stereocenters. The molecule has 2 aromatic heterocycles. The van der Waals surface area contributed by atoms with Crippen LogP contribution < -0.4 is 5.32 Å². The van der Waals surface area contributed by atoms with Crippen LogP contribution >= 0.6 is 11.3 Å². The molecule has 2 heterocycles. The molecule has 0 amide bonds. The first-order chi connectivity index (χ1) is 9.41. The van der Waals surface area contributed by atoms with Crippen molar-refractivity contribution < 1.29 is 0 Å². The van der Waals surface area contributed by atoms with Gasteiger partial charge in [0.05, 0.1) is 16.4 Å². The number of hydrogen-bond acceptors (Lipinski definition) is 5. The highest BCUT2D eigenvalue weighted by atomic mass is 32.1. The summed E-state index contributed by atoms with van der Waals surface area (Å²) in [6.07, 6.45) is 2.39. The first kappa shape index (κ1) is 14.9. The summed E-state index contributed by atoms with van der Waals surface area (Å²) in [5.74, 6) is 0.921. The summed E-state index contributed by atoms with van der Waals surface area (Å²) in [6, 6.07) is 0. The summed E-state index contributed by atoms with van der Waals surface area (Å²) in [5, 5.41) is 6.52. The minimum atomic E-state index is 0.102. The average molecular weight is 290 g/mol. The van der Waals surface area contributed by atoms with Crippen molar-refractivity contribution in [2.24, 2.45) is 0 Å². The largest absolute Gasteiger partial charge is 0.370 e. The fourth-order valence-corrected chi connectivity index (χ4v) is 2.92. The number of rotatable bonds is 4. The number of aromatic nitrogens is 3. The normalized spacial score (nSPS) is 11.7. The summed E-state index contributed by atoms with van der Waals surface area (Å²) in [6.45, 7) is 11.5. The van der Waals surface area contributed by atoms with E-state index in [9.17, 15) is 0 Å². The van der Waals surface area contributed by atoms with Gasteiger partial charge in [-0.15, -0.1) is 11.3 Å². The molecule has 2 rings (SSSR count). The van der Waals surface area contributed by atoms with E-state index in [0.29, 0.717) is 0 Å². The van der Waals surface area contributed by atoms with E-state index in [1.165, 1.54) is 0 Å². The van der Waals surface area contributed by atoms with Crippen LogP contribution in [0.1, 0.15) is 49.7 Å². The second-order valence-electron chi connectivity index (χ2n) is 5.88. The third kappa shape index (κ3) is 3.33. The fourth-order valence-electron chi connectivity index (χ4n) is 1.89. The van der Waals surface area contributed by atoms with Gasteiger partial charge in [0, 0.05) is 29.3 Å². The average Bonchev–Trinajstić information content (AvgIpc) is 2.83. The van der Waals surface area contributed by atoms with Gasteiger partial charge in [0.15, 0.2) is 0 Å². The molecule has 1 N–H and O–H groups in total. The van der Waals surface area contributed by atoms with Crippen molar-refractivity contribution in [3.8, 4) is 0 Å². The van der Waals surface area contributed by atoms with E-state index in [2.05, 4.69) is 55.3 Å². The quantitative estimate of drug-likeness (QED) is 0.935. The molecule has 0 saturated carbocycles. The lowest BCUT2D eigenvalue weighted by atomic mass is 9.93. The highest BCUT2D eigenvalue weighted by Crippen LogP contribution is 2.25. The molecule has 108 valence electrons. The molecular formula is C15H22N4S. The van der Waals surface area contributed by atoms with Crippen molar-refractivity contribution in [1.82, 2.24) is 15.0 Å². The van der Waals surface area contributed by atoms with E-state index in [1.54, 1.807) is 17.7 Å². The highest BCUT2D eigenvalue weighted by molar-refractivity contribution is 7.09.